The summed E-state index contributed by atoms with van der Waals surface area (Å²) in [5, 5.41) is 13.8. The molecule has 0 aliphatic carbocycles. The lowest BCUT2D eigenvalue weighted by Crippen LogP contribution is -2.02. The third-order valence-electron chi connectivity index (χ3n) is 4.98. The molecule has 5 aromatic rings. The SMILES string of the molecule is Oc1ccc(CNc2ncnc3oc(-c4ccccc4)c(-c4ccccc4)c23)cc1. The number of phenols is 1. The largest absolute Gasteiger partial charge is 0.508 e. The molecule has 0 saturated carbocycles. The molecule has 5 nitrogen and oxygen atoms in total. The van der Waals surface area contributed by atoms with Gasteiger partial charge in [0.15, 0.2) is 0 Å². The number of nitrogens with zero attached hydrogens (tertiary/aromatic N) is 2. The Labute approximate surface area is 173 Å². The second-order valence-corrected chi connectivity index (χ2v) is 6.96. The first kappa shape index (κ1) is 17.9. The number of phenolic OH excluding ortho intramolecular Hbond substituents is 1. The summed E-state index contributed by atoms with van der Waals surface area (Å²) in [5.41, 5.74) is 4.56. The third kappa shape index (κ3) is 3.37. The van der Waals surface area contributed by atoms with Crippen molar-refractivity contribution in [2.24, 2.45) is 0 Å². The summed E-state index contributed by atoms with van der Waals surface area (Å²) in [5.74, 6) is 1.72. The van der Waals surface area contributed by atoms with E-state index in [1.165, 1.54) is 6.33 Å². The van der Waals surface area contributed by atoms with Gasteiger partial charge in [0.25, 0.3) is 0 Å². The maximum absolute atomic E-state index is 9.50. The van der Waals surface area contributed by atoms with E-state index in [-0.39, 0.29) is 5.75 Å². The van der Waals surface area contributed by atoms with Gasteiger partial charge in [0, 0.05) is 17.7 Å². The normalized spacial score (nSPS) is 10.9. The smallest absolute Gasteiger partial charge is 0.232 e. The van der Waals surface area contributed by atoms with Crippen LogP contribution in [0.1, 0.15) is 5.56 Å². The van der Waals surface area contributed by atoms with Gasteiger partial charge in [0.2, 0.25) is 5.71 Å². The van der Waals surface area contributed by atoms with Gasteiger partial charge in [-0.3, -0.25) is 0 Å². The number of nitrogens with one attached hydrogen (secondary N) is 1. The Balaban J connectivity index is 1.65. The highest BCUT2D eigenvalue weighted by Gasteiger charge is 2.21. The van der Waals surface area contributed by atoms with E-state index in [2.05, 4.69) is 27.4 Å². The summed E-state index contributed by atoms with van der Waals surface area (Å²) in [6.45, 7) is 0.562. The zero-order valence-electron chi connectivity index (χ0n) is 16.1. The molecule has 0 spiro atoms. The predicted molar refractivity (Wildman–Crippen MR) is 118 cm³/mol. The highest BCUT2D eigenvalue weighted by molar-refractivity contribution is 6.05. The van der Waals surface area contributed by atoms with Gasteiger partial charge in [-0.25, -0.2) is 9.97 Å². The molecule has 0 unspecified atom stereocenters. The quantitative estimate of drug-likeness (QED) is 0.390. The molecule has 3 aromatic carbocycles. The van der Waals surface area contributed by atoms with E-state index < -0.39 is 0 Å². The summed E-state index contributed by atoms with van der Waals surface area (Å²) >= 11 is 0. The lowest BCUT2D eigenvalue weighted by Gasteiger charge is -2.09. The predicted octanol–water partition coefficient (Wildman–Crippen LogP) is 5.87. The van der Waals surface area contributed by atoms with Crippen molar-refractivity contribution in [1.82, 2.24) is 9.97 Å². The number of furan rings is 1. The molecule has 146 valence electrons. The number of hydrogen-bond donors (Lipinski definition) is 2. The lowest BCUT2D eigenvalue weighted by molar-refractivity contribution is 0.475. The van der Waals surface area contributed by atoms with Crippen molar-refractivity contribution in [2.75, 3.05) is 5.32 Å². The second-order valence-electron chi connectivity index (χ2n) is 6.96. The van der Waals surface area contributed by atoms with E-state index in [0.29, 0.717) is 18.1 Å². The first-order chi connectivity index (χ1) is 14.8. The fourth-order valence-electron chi connectivity index (χ4n) is 3.54. The van der Waals surface area contributed by atoms with Crippen LogP contribution in [0.15, 0.2) is 95.7 Å². The Kier molecular flexibility index (Phi) is 4.62. The summed E-state index contributed by atoms with van der Waals surface area (Å²) in [6, 6.07) is 27.3. The molecule has 0 amide bonds. The zero-order valence-corrected chi connectivity index (χ0v) is 16.1. The maximum atomic E-state index is 9.50. The Morgan fingerprint density at radius 2 is 1.43 bits per heavy atom. The van der Waals surface area contributed by atoms with Crippen molar-refractivity contribution in [3.05, 3.63) is 96.8 Å². The molecule has 0 radical (unpaired) electrons. The van der Waals surface area contributed by atoms with Crippen LogP contribution in [0.25, 0.3) is 33.6 Å². The Hall–Kier alpha value is -4.12. The molecule has 0 aliphatic rings. The lowest BCUT2D eigenvalue weighted by atomic mass is 9.99. The zero-order chi connectivity index (χ0) is 20.3. The van der Waals surface area contributed by atoms with E-state index in [9.17, 15) is 5.11 Å². The van der Waals surface area contributed by atoms with Crippen molar-refractivity contribution in [1.29, 1.82) is 0 Å². The van der Waals surface area contributed by atoms with Gasteiger partial charge in [-0.1, -0.05) is 72.8 Å². The van der Waals surface area contributed by atoms with Crippen LogP contribution in [0.4, 0.5) is 5.82 Å². The molecular formula is C25H19N3O2. The number of aromatic nitrogens is 2. The molecule has 30 heavy (non-hydrogen) atoms. The minimum absolute atomic E-state index is 0.247. The second kappa shape index (κ2) is 7.72. The molecule has 0 saturated heterocycles. The summed E-state index contributed by atoms with van der Waals surface area (Å²) in [4.78, 5) is 8.89. The van der Waals surface area contributed by atoms with E-state index in [1.807, 2.05) is 60.7 Å². The number of rotatable bonds is 5. The number of benzene rings is 3. The Morgan fingerprint density at radius 3 is 2.13 bits per heavy atom. The van der Waals surface area contributed by atoms with Crippen molar-refractivity contribution >= 4 is 16.9 Å². The molecule has 5 heteroatoms. The number of fused-ring (bicyclic) bond motifs is 1. The van der Waals surface area contributed by atoms with Crippen LogP contribution in [-0.2, 0) is 6.54 Å². The van der Waals surface area contributed by atoms with Crippen LogP contribution in [0.2, 0.25) is 0 Å². The van der Waals surface area contributed by atoms with E-state index in [1.54, 1.807) is 12.1 Å². The van der Waals surface area contributed by atoms with Gasteiger partial charge < -0.3 is 14.8 Å². The minimum atomic E-state index is 0.247. The van der Waals surface area contributed by atoms with Gasteiger partial charge in [0.1, 0.15) is 23.7 Å². The molecule has 0 atom stereocenters. The van der Waals surface area contributed by atoms with Crippen LogP contribution < -0.4 is 5.32 Å². The fourth-order valence-corrected chi connectivity index (χ4v) is 3.54. The average molecular weight is 393 g/mol. The first-order valence-corrected chi connectivity index (χ1v) is 9.70. The standard InChI is InChI=1S/C25H19N3O2/c29-20-13-11-17(12-14-20)15-26-24-22-21(18-7-3-1-4-8-18)23(19-9-5-2-6-10-19)30-25(22)28-16-27-24/h1-14,16,29H,15H2,(H,26,27,28). The van der Waals surface area contributed by atoms with Crippen molar-refractivity contribution < 1.29 is 9.52 Å². The number of hydrogen-bond acceptors (Lipinski definition) is 5. The number of anilines is 1. The monoisotopic (exact) mass is 393 g/mol. The Morgan fingerprint density at radius 1 is 0.767 bits per heavy atom. The van der Waals surface area contributed by atoms with Crippen molar-refractivity contribution in [3.63, 3.8) is 0 Å². The van der Waals surface area contributed by atoms with Gasteiger partial charge in [-0.15, -0.1) is 0 Å². The Bertz CT molecular complexity index is 1280. The average Bonchev–Trinajstić information content (AvgIpc) is 3.20. The van der Waals surface area contributed by atoms with Crippen LogP contribution in [0.5, 0.6) is 5.75 Å². The van der Waals surface area contributed by atoms with E-state index in [0.717, 1.165) is 33.4 Å². The molecule has 2 N–H and O–H groups in total. The maximum Gasteiger partial charge on any atom is 0.232 e. The van der Waals surface area contributed by atoms with E-state index in [4.69, 9.17) is 4.42 Å². The van der Waals surface area contributed by atoms with Crippen LogP contribution >= 0.6 is 0 Å². The van der Waals surface area contributed by atoms with Crippen molar-refractivity contribution in [2.45, 2.75) is 6.54 Å². The third-order valence-corrected chi connectivity index (χ3v) is 4.98. The van der Waals surface area contributed by atoms with Crippen molar-refractivity contribution in [3.8, 4) is 28.2 Å². The molecule has 5 rings (SSSR count). The van der Waals surface area contributed by atoms with Crippen LogP contribution in [0.3, 0.4) is 0 Å². The summed E-state index contributed by atoms with van der Waals surface area (Å²) in [7, 11) is 0. The molecule has 2 aromatic heterocycles. The number of aromatic hydroxyl groups is 1. The topological polar surface area (TPSA) is 71.2 Å². The van der Waals surface area contributed by atoms with Crippen LogP contribution in [-0.4, -0.2) is 15.1 Å². The highest BCUT2D eigenvalue weighted by Crippen LogP contribution is 2.42. The fraction of sp³-hybridized carbons (Fsp3) is 0.0400. The summed E-state index contributed by atoms with van der Waals surface area (Å²) in [6.07, 6.45) is 1.51. The van der Waals surface area contributed by atoms with Crippen LogP contribution in [0, 0.1) is 0 Å². The molecule has 0 aliphatic heterocycles. The van der Waals surface area contributed by atoms with Gasteiger partial charge >= 0.3 is 0 Å². The van der Waals surface area contributed by atoms with Gasteiger partial charge in [-0.2, -0.15) is 0 Å². The van der Waals surface area contributed by atoms with E-state index >= 15 is 0 Å². The van der Waals surface area contributed by atoms with Gasteiger partial charge in [0.05, 0.1) is 5.39 Å². The van der Waals surface area contributed by atoms with Gasteiger partial charge in [-0.05, 0) is 23.3 Å². The molecule has 0 fully saturated rings. The molecule has 0 bridgehead atoms. The minimum Gasteiger partial charge on any atom is -0.508 e. The molecular weight excluding hydrogens is 374 g/mol. The first-order valence-electron chi connectivity index (χ1n) is 9.70. The highest BCUT2D eigenvalue weighted by atomic mass is 16.3. The molecule has 2 heterocycles. The summed E-state index contributed by atoms with van der Waals surface area (Å²) < 4.78 is 6.22.